The van der Waals surface area contributed by atoms with E-state index >= 15 is 0 Å². The van der Waals surface area contributed by atoms with Crippen molar-refractivity contribution in [2.75, 3.05) is 9.80 Å². The van der Waals surface area contributed by atoms with E-state index in [9.17, 15) is 2.74 Å². The average molecular weight is 1090 g/mol. The van der Waals surface area contributed by atoms with Crippen molar-refractivity contribution in [2.24, 2.45) is 0 Å². The van der Waals surface area contributed by atoms with Crippen LogP contribution in [0.3, 0.4) is 0 Å². The molecule has 0 saturated carbocycles. The van der Waals surface area contributed by atoms with Crippen LogP contribution in [0.1, 0.15) is 104 Å². The standard InChI is InChI=1S/C63H59N4O.Pt/c1-60(2,3)48-36-52(66-34-33-65(43-66)51-37-49(62(6,7)45-23-15-11-16-24-45)35-50(38-51)63(8,9)46-25-17-12-18-26-46)41-54(39-48)68-53-29-30-56-55-27-19-20-28-57(55)67(58(56)42-53)59-40-47(31-32-64-59)61(4,5)44-21-13-10-14-22-44;/h10-40,43H,1-9H3;/q-3;/i33D,34D;. The third-order valence-corrected chi connectivity index (χ3v) is 14.1. The summed E-state index contributed by atoms with van der Waals surface area (Å²) in [6, 6.07) is 66.3. The van der Waals surface area contributed by atoms with Crippen LogP contribution >= 0.6 is 0 Å². The summed E-state index contributed by atoms with van der Waals surface area (Å²) in [7, 11) is 0. The first-order valence-electron chi connectivity index (χ1n) is 24.5. The van der Waals surface area contributed by atoms with Crippen LogP contribution in [0.15, 0.2) is 188 Å². The number of ether oxygens (including phenoxy) is 1. The van der Waals surface area contributed by atoms with Crippen LogP contribution in [0.4, 0.5) is 11.4 Å². The molecule has 0 radical (unpaired) electrons. The minimum atomic E-state index is -0.358. The molecular weight excluding hydrogens is 1020 g/mol. The maximum Gasteiger partial charge on any atom is 0.135 e. The minimum absolute atomic E-state index is 0. The van der Waals surface area contributed by atoms with Gasteiger partial charge in [-0.05, 0) is 86.9 Å². The Morgan fingerprint density at radius 1 is 0.493 bits per heavy atom. The van der Waals surface area contributed by atoms with Crippen molar-refractivity contribution < 1.29 is 28.5 Å². The maximum absolute atomic E-state index is 9.50. The average Bonchev–Trinajstić information content (AvgIpc) is 3.86. The quantitative estimate of drug-likeness (QED) is 0.121. The van der Waals surface area contributed by atoms with Crippen molar-refractivity contribution in [3.63, 3.8) is 0 Å². The molecule has 1 aliphatic heterocycles. The van der Waals surface area contributed by atoms with Gasteiger partial charge in [0.2, 0.25) is 0 Å². The monoisotopic (exact) mass is 1080 g/mol. The third-order valence-electron chi connectivity index (χ3n) is 14.1. The fraction of sp³-hybridized carbons (Fsp3) is 0.206. The number of hydrogen-bond donors (Lipinski definition) is 0. The molecule has 350 valence electrons. The molecule has 0 amide bonds. The van der Waals surface area contributed by atoms with Gasteiger partial charge in [-0.1, -0.05) is 183 Å². The van der Waals surface area contributed by atoms with Gasteiger partial charge >= 0.3 is 0 Å². The van der Waals surface area contributed by atoms with E-state index in [0.29, 0.717) is 17.2 Å². The Labute approximate surface area is 426 Å². The molecule has 10 rings (SSSR count). The molecule has 0 saturated heterocycles. The number of nitrogens with zero attached hydrogens (tertiary/aromatic N) is 4. The van der Waals surface area contributed by atoms with E-state index in [0.717, 1.165) is 55.6 Å². The predicted molar refractivity (Wildman–Crippen MR) is 282 cm³/mol. The SMILES string of the molecule is [2H]C1=C([2H])N(c2cc(C(C)(C)c3ccccc3)cc(C(C)(C)c3ccccc3)c2)[CH-]N1c1[c-]c(Oc2[c-]c3c(cc2)c2ccccc2n3-c2cc(C(C)(C)c3ccccc3)ccn2)cc(C(C)(C)C)c1.[Pt]. The van der Waals surface area contributed by atoms with E-state index in [1.54, 1.807) is 4.90 Å². The van der Waals surface area contributed by atoms with Gasteiger partial charge in [0, 0.05) is 66.2 Å². The molecule has 7 aromatic carbocycles. The van der Waals surface area contributed by atoms with Gasteiger partial charge in [0.1, 0.15) is 5.82 Å². The van der Waals surface area contributed by atoms with E-state index in [2.05, 4.69) is 219 Å². The molecule has 0 bridgehead atoms. The number of fused-ring (bicyclic) bond motifs is 3. The zero-order chi connectivity index (χ0) is 49.2. The molecule has 0 fully saturated rings. The molecule has 0 aliphatic carbocycles. The molecule has 0 spiro atoms. The van der Waals surface area contributed by atoms with E-state index in [1.165, 1.54) is 16.7 Å². The predicted octanol–water partition coefficient (Wildman–Crippen LogP) is 15.8. The topological polar surface area (TPSA) is 33.5 Å². The molecule has 3 heterocycles. The molecule has 1 aliphatic rings. The summed E-state index contributed by atoms with van der Waals surface area (Å²) in [5.74, 6) is 1.80. The van der Waals surface area contributed by atoms with Crippen LogP contribution in [0, 0.1) is 18.8 Å². The smallest absolute Gasteiger partial charge is 0.135 e. The van der Waals surface area contributed by atoms with E-state index in [1.807, 2.05) is 48.1 Å². The second kappa shape index (κ2) is 18.3. The molecule has 0 atom stereocenters. The Hall–Kier alpha value is -6.68. The molecule has 9 aromatic rings. The number of hydrogen-bond acceptors (Lipinski definition) is 4. The zero-order valence-electron chi connectivity index (χ0n) is 42.8. The second-order valence-electron chi connectivity index (χ2n) is 20.6. The molecule has 5 nitrogen and oxygen atoms in total. The van der Waals surface area contributed by atoms with Gasteiger partial charge in [0.15, 0.2) is 0 Å². The van der Waals surface area contributed by atoms with E-state index in [-0.39, 0.29) is 55.1 Å². The summed E-state index contributed by atoms with van der Waals surface area (Å²) >= 11 is 0. The number of benzene rings is 7. The summed E-state index contributed by atoms with van der Waals surface area (Å²) in [6.07, 6.45) is 1.99. The number of pyridine rings is 1. The molecule has 0 unspecified atom stereocenters. The first-order valence-corrected chi connectivity index (χ1v) is 23.5. The first kappa shape index (κ1) is 44.8. The van der Waals surface area contributed by atoms with Crippen LogP contribution < -0.4 is 14.5 Å². The van der Waals surface area contributed by atoms with Gasteiger partial charge in [-0.15, -0.1) is 53.6 Å². The summed E-state index contributed by atoms with van der Waals surface area (Å²) in [4.78, 5) is 8.50. The van der Waals surface area contributed by atoms with Gasteiger partial charge in [0.05, 0.1) is 2.74 Å². The van der Waals surface area contributed by atoms with Crippen molar-refractivity contribution in [1.82, 2.24) is 9.55 Å². The molecule has 69 heavy (non-hydrogen) atoms. The van der Waals surface area contributed by atoms with Crippen molar-refractivity contribution in [3.8, 4) is 17.3 Å². The van der Waals surface area contributed by atoms with Crippen molar-refractivity contribution in [1.29, 1.82) is 0 Å². The Kier molecular flexibility index (Phi) is 11.9. The van der Waals surface area contributed by atoms with Crippen LogP contribution in [0.5, 0.6) is 11.5 Å². The van der Waals surface area contributed by atoms with Gasteiger partial charge in [-0.2, -0.15) is 6.07 Å². The number of rotatable bonds is 11. The van der Waals surface area contributed by atoms with Crippen LogP contribution in [-0.2, 0) is 42.7 Å². The van der Waals surface area contributed by atoms with Crippen LogP contribution in [-0.4, -0.2) is 9.55 Å². The van der Waals surface area contributed by atoms with Crippen molar-refractivity contribution >= 4 is 33.2 Å². The summed E-state index contributed by atoms with van der Waals surface area (Å²) in [5.41, 5.74) is 10.0. The molecule has 6 heteroatoms. The Balaban J connectivity index is 0.00000624. The van der Waals surface area contributed by atoms with Crippen molar-refractivity contribution in [2.45, 2.75) is 84.0 Å². The minimum Gasteiger partial charge on any atom is -0.509 e. The van der Waals surface area contributed by atoms with Crippen molar-refractivity contribution in [3.05, 3.63) is 246 Å². The second-order valence-corrected chi connectivity index (χ2v) is 20.6. The van der Waals surface area contributed by atoms with Gasteiger partial charge < -0.3 is 19.1 Å². The normalized spacial score (nSPS) is 14.0. The number of para-hydroxylation sites is 1. The molecule has 2 aromatic heterocycles. The van der Waals surface area contributed by atoms with Gasteiger partial charge in [-0.25, -0.2) is 4.98 Å². The largest absolute Gasteiger partial charge is 0.509 e. The summed E-state index contributed by atoms with van der Waals surface area (Å²) in [6.45, 7) is 21.8. The summed E-state index contributed by atoms with van der Waals surface area (Å²) < 4.78 is 27.9. The fourth-order valence-corrected chi connectivity index (χ4v) is 9.44. The van der Waals surface area contributed by atoms with E-state index < -0.39 is 0 Å². The fourth-order valence-electron chi connectivity index (χ4n) is 9.44. The van der Waals surface area contributed by atoms with Gasteiger partial charge in [-0.3, -0.25) is 0 Å². The first-order chi connectivity index (χ1) is 33.4. The number of aromatic nitrogens is 2. The van der Waals surface area contributed by atoms with Crippen LogP contribution in [0.2, 0.25) is 0 Å². The third kappa shape index (κ3) is 9.06. The zero-order valence-corrected chi connectivity index (χ0v) is 43.1. The molecule has 0 N–H and O–H groups in total. The molecular formula is C63H59N4OPt-3. The number of anilines is 2. The van der Waals surface area contributed by atoms with Gasteiger partial charge in [0.25, 0.3) is 0 Å². The Bertz CT molecular complexity index is 3360. The van der Waals surface area contributed by atoms with E-state index in [4.69, 9.17) is 9.72 Å². The Morgan fingerprint density at radius 2 is 1.04 bits per heavy atom. The Morgan fingerprint density at radius 3 is 1.64 bits per heavy atom. The van der Waals surface area contributed by atoms with Crippen LogP contribution in [0.25, 0.3) is 27.6 Å². The summed E-state index contributed by atoms with van der Waals surface area (Å²) in [5, 5.41) is 2.13. The maximum atomic E-state index is 9.50.